The third-order valence-electron chi connectivity index (χ3n) is 4.92. The minimum absolute atomic E-state index is 0.574. The van der Waals surface area contributed by atoms with E-state index in [1.807, 2.05) is 0 Å². The van der Waals surface area contributed by atoms with Gasteiger partial charge in [0, 0.05) is 18.3 Å². The van der Waals surface area contributed by atoms with Crippen molar-refractivity contribution in [2.24, 2.45) is 0 Å². The third-order valence-corrected chi connectivity index (χ3v) is 4.92. The fourth-order valence-corrected chi connectivity index (χ4v) is 3.84. The van der Waals surface area contributed by atoms with Gasteiger partial charge >= 0.3 is 0 Å². The average Bonchev–Trinajstić information content (AvgIpc) is 2.54. The topological polar surface area (TPSA) is 39.9 Å². The molecule has 2 aliphatic rings. The fourth-order valence-electron chi connectivity index (χ4n) is 3.84. The lowest BCUT2D eigenvalue weighted by Gasteiger charge is -2.37. The Morgan fingerprint density at radius 1 is 1.29 bits per heavy atom. The molecule has 3 heteroatoms. The summed E-state index contributed by atoms with van der Waals surface area (Å²) in [6, 6.07) is 5.10. The standard InChI is InChI=1S/C18H25N3/c1-2-7-16-9-5-6-11-21(16)18-15(13-19)12-14-8-3-4-10-17(14)20-18/h12,16H,2-11H2,1H3. The number of hydrogen-bond acceptors (Lipinski definition) is 3. The molecule has 1 aromatic rings. The molecule has 3 nitrogen and oxygen atoms in total. The van der Waals surface area contributed by atoms with Crippen molar-refractivity contribution in [3.63, 3.8) is 0 Å². The van der Waals surface area contributed by atoms with Gasteiger partial charge in [0.1, 0.15) is 11.9 Å². The summed E-state index contributed by atoms with van der Waals surface area (Å²) in [6.07, 6.45) is 10.9. The molecule has 1 atom stereocenters. The maximum atomic E-state index is 9.55. The summed E-state index contributed by atoms with van der Waals surface area (Å²) in [6.45, 7) is 3.31. The van der Waals surface area contributed by atoms with Crippen LogP contribution in [0.3, 0.4) is 0 Å². The molecule has 1 aromatic heterocycles. The lowest BCUT2D eigenvalue weighted by atomic mass is 9.93. The Hall–Kier alpha value is -1.56. The SMILES string of the molecule is CCCC1CCCCN1c1nc2c(cc1C#N)CCCC2. The first-order valence-electron chi connectivity index (χ1n) is 8.53. The molecule has 0 spiro atoms. The summed E-state index contributed by atoms with van der Waals surface area (Å²) in [7, 11) is 0. The number of aryl methyl sites for hydroxylation is 2. The van der Waals surface area contributed by atoms with Gasteiger partial charge in [-0.25, -0.2) is 4.98 Å². The number of piperidine rings is 1. The van der Waals surface area contributed by atoms with Crippen molar-refractivity contribution in [2.45, 2.75) is 70.8 Å². The molecule has 0 saturated carbocycles. The molecule has 21 heavy (non-hydrogen) atoms. The van der Waals surface area contributed by atoms with Crippen LogP contribution in [0.4, 0.5) is 5.82 Å². The Kier molecular flexibility index (Phi) is 4.43. The molecule has 0 N–H and O–H groups in total. The van der Waals surface area contributed by atoms with Crippen molar-refractivity contribution >= 4 is 5.82 Å². The second-order valence-electron chi connectivity index (χ2n) is 6.42. The first-order valence-corrected chi connectivity index (χ1v) is 8.53. The number of rotatable bonds is 3. The minimum atomic E-state index is 0.574. The van der Waals surface area contributed by atoms with Crippen LogP contribution in [0.15, 0.2) is 6.07 Å². The highest BCUT2D eigenvalue weighted by Crippen LogP contribution is 2.31. The normalized spacial score (nSPS) is 21.7. The van der Waals surface area contributed by atoms with Gasteiger partial charge in [-0.3, -0.25) is 0 Å². The zero-order valence-electron chi connectivity index (χ0n) is 13.1. The van der Waals surface area contributed by atoms with Crippen molar-refractivity contribution in [1.82, 2.24) is 4.98 Å². The van der Waals surface area contributed by atoms with E-state index in [-0.39, 0.29) is 0 Å². The summed E-state index contributed by atoms with van der Waals surface area (Å²) in [5, 5.41) is 9.55. The Balaban J connectivity index is 1.97. The Bertz CT molecular complexity index is 542. The van der Waals surface area contributed by atoms with Gasteiger partial charge in [0.05, 0.1) is 5.56 Å². The maximum absolute atomic E-state index is 9.55. The molecule has 0 aromatic carbocycles. The fraction of sp³-hybridized carbons (Fsp3) is 0.667. The molecule has 0 radical (unpaired) electrons. The number of fused-ring (bicyclic) bond motifs is 1. The molecular formula is C18H25N3. The van der Waals surface area contributed by atoms with Crippen LogP contribution in [0.2, 0.25) is 0 Å². The van der Waals surface area contributed by atoms with Crippen LogP contribution < -0.4 is 4.90 Å². The molecule has 1 fully saturated rings. The molecule has 1 unspecified atom stereocenters. The highest BCUT2D eigenvalue weighted by molar-refractivity contribution is 5.57. The lowest BCUT2D eigenvalue weighted by Crippen LogP contribution is -2.40. The van der Waals surface area contributed by atoms with E-state index >= 15 is 0 Å². The second kappa shape index (κ2) is 6.47. The third kappa shape index (κ3) is 2.90. The van der Waals surface area contributed by atoms with Crippen molar-refractivity contribution < 1.29 is 0 Å². The first-order chi connectivity index (χ1) is 10.3. The van der Waals surface area contributed by atoms with E-state index in [2.05, 4.69) is 24.0 Å². The van der Waals surface area contributed by atoms with E-state index in [1.165, 1.54) is 56.2 Å². The van der Waals surface area contributed by atoms with Crippen molar-refractivity contribution in [3.8, 4) is 6.07 Å². The summed E-state index contributed by atoms with van der Waals surface area (Å²) in [4.78, 5) is 7.37. The van der Waals surface area contributed by atoms with Crippen LogP contribution >= 0.6 is 0 Å². The maximum Gasteiger partial charge on any atom is 0.147 e. The highest BCUT2D eigenvalue weighted by Gasteiger charge is 2.26. The molecule has 1 saturated heterocycles. The van der Waals surface area contributed by atoms with Gasteiger partial charge in [0.15, 0.2) is 0 Å². The average molecular weight is 283 g/mol. The van der Waals surface area contributed by atoms with Gasteiger partial charge < -0.3 is 4.90 Å². The molecule has 1 aliphatic carbocycles. The van der Waals surface area contributed by atoms with Crippen molar-refractivity contribution in [2.75, 3.05) is 11.4 Å². The van der Waals surface area contributed by atoms with Gasteiger partial charge in [-0.2, -0.15) is 5.26 Å². The first kappa shape index (κ1) is 14.4. The minimum Gasteiger partial charge on any atom is -0.353 e. The molecular weight excluding hydrogens is 258 g/mol. The summed E-state index contributed by atoms with van der Waals surface area (Å²) >= 11 is 0. The Labute approximate surface area is 128 Å². The van der Waals surface area contributed by atoms with Crippen LogP contribution in [0.25, 0.3) is 0 Å². The highest BCUT2D eigenvalue weighted by atomic mass is 15.2. The summed E-state index contributed by atoms with van der Waals surface area (Å²) in [5.41, 5.74) is 3.35. The van der Waals surface area contributed by atoms with E-state index in [4.69, 9.17) is 4.98 Å². The van der Waals surface area contributed by atoms with E-state index in [9.17, 15) is 5.26 Å². The van der Waals surface area contributed by atoms with E-state index in [0.29, 0.717) is 6.04 Å². The van der Waals surface area contributed by atoms with E-state index in [1.54, 1.807) is 0 Å². The Morgan fingerprint density at radius 2 is 2.14 bits per heavy atom. The lowest BCUT2D eigenvalue weighted by molar-refractivity contribution is 0.431. The number of anilines is 1. The summed E-state index contributed by atoms with van der Waals surface area (Å²) < 4.78 is 0. The van der Waals surface area contributed by atoms with Gasteiger partial charge in [-0.05, 0) is 63.0 Å². The molecule has 112 valence electrons. The molecule has 2 heterocycles. The second-order valence-corrected chi connectivity index (χ2v) is 6.42. The molecule has 1 aliphatic heterocycles. The van der Waals surface area contributed by atoms with Crippen molar-refractivity contribution in [1.29, 1.82) is 5.26 Å². The number of nitrogens with zero attached hydrogens (tertiary/aromatic N) is 3. The van der Waals surface area contributed by atoms with Gasteiger partial charge in [-0.15, -0.1) is 0 Å². The van der Waals surface area contributed by atoms with Gasteiger partial charge in [0.2, 0.25) is 0 Å². The molecule has 0 bridgehead atoms. The quantitative estimate of drug-likeness (QED) is 0.842. The number of aromatic nitrogens is 1. The Morgan fingerprint density at radius 3 is 2.95 bits per heavy atom. The monoisotopic (exact) mass is 283 g/mol. The van der Waals surface area contributed by atoms with Crippen molar-refractivity contribution in [3.05, 3.63) is 22.9 Å². The largest absolute Gasteiger partial charge is 0.353 e. The zero-order valence-corrected chi connectivity index (χ0v) is 13.1. The number of pyridine rings is 1. The number of nitriles is 1. The van der Waals surface area contributed by atoms with Crippen LogP contribution in [-0.4, -0.2) is 17.6 Å². The van der Waals surface area contributed by atoms with Crippen LogP contribution in [0, 0.1) is 11.3 Å². The number of hydrogen-bond donors (Lipinski definition) is 0. The van der Waals surface area contributed by atoms with Gasteiger partial charge in [0.25, 0.3) is 0 Å². The zero-order chi connectivity index (χ0) is 14.7. The smallest absolute Gasteiger partial charge is 0.147 e. The van der Waals surface area contributed by atoms with Crippen LogP contribution in [0.5, 0.6) is 0 Å². The summed E-state index contributed by atoms with van der Waals surface area (Å²) in [5.74, 6) is 0.969. The molecule has 3 rings (SSSR count). The van der Waals surface area contributed by atoms with E-state index in [0.717, 1.165) is 30.8 Å². The van der Waals surface area contributed by atoms with Crippen LogP contribution in [-0.2, 0) is 12.8 Å². The predicted octanol–water partition coefficient (Wildman–Crippen LogP) is 3.99. The van der Waals surface area contributed by atoms with E-state index < -0.39 is 0 Å². The predicted molar refractivity (Wildman–Crippen MR) is 85.5 cm³/mol. The van der Waals surface area contributed by atoms with Crippen LogP contribution in [0.1, 0.15) is 68.7 Å². The van der Waals surface area contributed by atoms with Gasteiger partial charge in [-0.1, -0.05) is 13.3 Å². The molecule has 0 amide bonds.